The van der Waals surface area contributed by atoms with Crippen LogP contribution >= 0.6 is 0 Å². The number of unbranched alkanes of at least 4 members (excludes halogenated alkanes) is 7. The number of amides is 1. The summed E-state index contributed by atoms with van der Waals surface area (Å²) in [5.74, 6) is 0.00208. The molecule has 0 aliphatic carbocycles. The monoisotopic (exact) mass is 421 g/mol. The van der Waals surface area contributed by atoms with Gasteiger partial charge in [0, 0.05) is 33.1 Å². The first kappa shape index (κ1) is 23.9. The van der Waals surface area contributed by atoms with E-state index in [0.29, 0.717) is 24.1 Å². The van der Waals surface area contributed by atoms with Gasteiger partial charge in [-0.3, -0.25) is 18.7 Å². The largest absolute Gasteiger partial charge is 0.394 e. The third-order valence-electron chi connectivity index (χ3n) is 5.42. The maximum Gasteiger partial charge on any atom is 0.332 e. The minimum Gasteiger partial charge on any atom is -0.394 e. The van der Waals surface area contributed by atoms with Gasteiger partial charge in [0.25, 0.3) is 5.56 Å². The van der Waals surface area contributed by atoms with E-state index in [1.54, 1.807) is 31.9 Å². The van der Waals surface area contributed by atoms with E-state index >= 15 is 0 Å². The molecule has 1 unspecified atom stereocenters. The maximum absolute atomic E-state index is 12.6. The molecule has 2 aromatic heterocycles. The highest BCUT2D eigenvalue weighted by molar-refractivity contribution is 5.76. The molecular formula is C21H35N5O4. The molecule has 0 aromatic carbocycles. The van der Waals surface area contributed by atoms with Crippen LogP contribution in [0.4, 0.5) is 0 Å². The molecule has 2 rings (SSSR count). The number of aryl methyl sites for hydroxylation is 2. The molecule has 2 aromatic rings. The smallest absolute Gasteiger partial charge is 0.332 e. The summed E-state index contributed by atoms with van der Waals surface area (Å²) in [5, 5.41) is 11.7. The zero-order valence-electron chi connectivity index (χ0n) is 18.4. The lowest BCUT2D eigenvalue weighted by atomic mass is 10.1. The second-order valence-corrected chi connectivity index (χ2v) is 8.06. The molecule has 2 heterocycles. The molecule has 9 heteroatoms. The Kier molecular flexibility index (Phi) is 9.29. The van der Waals surface area contributed by atoms with E-state index in [0.717, 1.165) is 51.4 Å². The fourth-order valence-electron chi connectivity index (χ4n) is 3.60. The van der Waals surface area contributed by atoms with E-state index in [1.807, 2.05) is 0 Å². The summed E-state index contributed by atoms with van der Waals surface area (Å²) in [6, 6.07) is -0.181. The van der Waals surface area contributed by atoms with Crippen molar-refractivity contribution in [2.75, 3.05) is 6.61 Å². The number of hydrogen-bond acceptors (Lipinski definition) is 5. The predicted octanol–water partition coefficient (Wildman–Crippen LogP) is 1.44. The van der Waals surface area contributed by atoms with Crippen LogP contribution in [0.3, 0.4) is 0 Å². The zero-order chi connectivity index (χ0) is 22.1. The van der Waals surface area contributed by atoms with Crippen LogP contribution < -0.4 is 16.6 Å². The first-order valence-corrected chi connectivity index (χ1v) is 10.9. The number of hydrogen-bond donors (Lipinski definition) is 2. The van der Waals surface area contributed by atoms with Crippen molar-refractivity contribution in [3.05, 3.63) is 27.2 Å². The van der Waals surface area contributed by atoms with E-state index in [2.05, 4.69) is 10.3 Å². The van der Waals surface area contributed by atoms with E-state index in [4.69, 9.17) is 5.11 Å². The first-order chi connectivity index (χ1) is 14.4. The summed E-state index contributed by atoms with van der Waals surface area (Å²) in [7, 11) is 3.40. The number of nitrogens with zero attached hydrogens (tertiary/aromatic N) is 4. The Morgan fingerprint density at radius 2 is 1.67 bits per heavy atom. The Morgan fingerprint density at radius 3 is 2.30 bits per heavy atom. The number of aromatic nitrogens is 4. The third kappa shape index (κ3) is 6.29. The average molecular weight is 422 g/mol. The number of nitrogens with one attached hydrogen (secondary N) is 1. The zero-order valence-corrected chi connectivity index (χ0v) is 18.4. The maximum atomic E-state index is 12.6. The molecule has 1 atom stereocenters. The van der Waals surface area contributed by atoms with Gasteiger partial charge in [-0.05, 0) is 19.8 Å². The molecular weight excluding hydrogens is 386 g/mol. The van der Waals surface area contributed by atoms with Gasteiger partial charge in [-0.25, -0.2) is 9.78 Å². The number of imidazole rings is 1. The molecule has 0 fully saturated rings. The lowest BCUT2D eigenvalue weighted by Crippen LogP contribution is -2.39. The number of carbonyl (C=O) groups excluding carboxylic acids is 1. The second kappa shape index (κ2) is 11.7. The number of rotatable bonds is 13. The standard InChI is InChI=1S/C21H35N5O4/c1-16(14-27)23-17(28)12-10-8-6-4-5-7-9-11-13-26-20(29)18-19(22-15-24(18)2)25(3)21(26)30/h15-16,27H,4-14H2,1-3H3,(H,23,28). The summed E-state index contributed by atoms with van der Waals surface area (Å²) in [6.07, 6.45) is 10.1. The molecule has 30 heavy (non-hydrogen) atoms. The van der Waals surface area contributed by atoms with Crippen LogP contribution in [-0.4, -0.2) is 42.3 Å². The van der Waals surface area contributed by atoms with Gasteiger partial charge in [0.1, 0.15) is 0 Å². The molecule has 0 bridgehead atoms. The van der Waals surface area contributed by atoms with Crippen LogP contribution in [-0.2, 0) is 25.4 Å². The van der Waals surface area contributed by atoms with Gasteiger partial charge in [-0.1, -0.05) is 38.5 Å². The molecule has 0 saturated heterocycles. The van der Waals surface area contributed by atoms with Crippen molar-refractivity contribution in [2.24, 2.45) is 14.1 Å². The minimum absolute atomic E-state index is 0.00208. The van der Waals surface area contributed by atoms with Crippen LogP contribution in [0.25, 0.3) is 11.2 Å². The first-order valence-electron chi connectivity index (χ1n) is 10.9. The van der Waals surface area contributed by atoms with E-state index < -0.39 is 0 Å². The van der Waals surface area contributed by atoms with Crippen LogP contribution in [0.15, 0.2) is 15.9 Å². The summed E-state index contributed by atoms with van der Waals surface area (Å²) in [6.45, 7) is 2.17. The van der Waals surface area contributed by atoms with Crippen LogP contribution in [0.5, 0.6) is 0 Å². The van der Waals surface area contributed by atoms with Crippen molar-refractivity contribution in [1.82, 2.24) is 24.0 Å². The third-order valence-corrected chi connectivity index (χ3v) is 5.42. The van der Waals surface area contributed by atoms with E-state index in [9.17, 15) is 14.4 Å². The van der Waals surface area contributed by atoms with Gasteiger partial charge in [0.2, 0.25) is 5.91 Å². The lowest BCUT2D eigenvalue weighted by Gasteiger charge is -2.10. The predicted molar refractivity (Wildman–Crippen MR) is 116 cm³/mol. The number of fused-ring (bicyclic) bond motifs is 1. The van der Waals surface area contributed by atoms with Gasteiger partial charge >= 0.3 is 5.69 Å². The van der Waals surface area contributed by atoms with Gasteiger partial charge in [0.15, 0.2) is 11.2 Å². The van der Waals surface area contributed by atoms with Crippen molar-refractivity contribution >= 4 is 17.1 Å². The van der Waals surface area contributed by atoms with Crippen LogP contribution in [0.1, 0.15) is 64.7 Å². The molecule has 0 saturated carbocycles. The van der Waals surface area contributed by atoms with Gasteiger partial charge in [-0.15, -0.1) is 0 Å². The van der Waals surface area contributed by atoms with Crippen molar-refractivity contribution in [3.63, 3.8) is 0 Å². The molecule has 0 aliphatic rings. The van der Waals surface area contributed by atoms with Gasteiger partial charge in [0.05, 0.1) is 12.9 Å². The SMILES string of the molecule is CC(CO)NC(=O)CCCCCCCCCCn1c(=O)c2c(ncn2C)n(C)c1=O. The summed E-state index contributed by atoms with van der Waals surface area (Å²) in [5.41, 5.74) is 0.287. The highest BCUT2D eigenvalue weighted by Gasteiger charge is 2.14. The molecule has 1 amide bonds. The van der Waals surface area contributed by atoms with Crippen molar-refractivity contribution in [2.45, 2.75) is 77.3 Å². The Morgan fingerprint density at radius 1 is 1.07 bits per heavy atom. The van der Waals surface area contributed by atoms with Crippen molar-refractivity contribution in [3.8, 4) is 0 Å². The van der Waals surface area contributed by atoms with E-state index in [-0.39, 0.29) is 29.8 Å². The average Bonchev–Trinajstić information content (AvgIpc) is 3.11. The summed E-state index contributed by atoms with van der Waals surface area (Å²) >= 11 is 0. The molecule has 0 radical (unpaired) electrons. The van der Waals surface area contributed by atoms with Crippen molar-refractivity contribution in [1.29, 1.82) is 0 Å². The molecule has 0 spiro atoms. The Labute approximate surface area is 176 Å². The summed E-state index contributed by atoms with van der Waals surface area (Å²) < 4.78 is 4.40. The van der Waals surface area contributed by atoms with Crippen molar-refractivity contribution < 1.29 is 9.90 Å². The van der Waals surface area contributed by atoms with Crippen LogP contribution in [0, 0.1) is 0 Å². The minimum atomic E-state index is -0.316. The summed E-state index contributed by atoms with van der Waals surface area (Å²) in [4.78, 5) is 40.8. The van der Waals surface area contributed by atoms with Gasteiger partial charge in [-0.2, -0.15) is 0 Å². The Balaban J connectivity index is 1.63. The van der Waals surface area contributed by atoms with E-state index in [1.165, 1.54) is 9.13 Å². The van der Waals surface area contributed by atoms with Gasteiger partial charge < -0.3 is 15.0 Å². The normalized spacial score (nSPS) is 12.4. The molecule has 2 N–H and O–H groups in total. The second-order valence-electron chi connectivity index (χ2n) is 8.06. The fraction of sp³-hybridized carbons (Fsp3) is 0.714. The number of carbonyl (C=O) groups is 1. The molecule has 9 nitrogen and oxygen atoms in total. The van der Waals surface area contributed by atoms with Crippen LogP contribution in [0.2, 0.25) is 0 Å². The molecule has 0 aliphatic heterocycles. The lowest BCUT2D eigenvalue weighted by molar-refractivity contribution is -0.122. The quantitative estimate of drug-likeness (QED) is 0.476. The highest BCUT2D eigenvalue weighted by atomic mass is 16.3. The number of aliphatic hydroxyl groups excluding tert-OH is 1. The Bertz CT molecular complexity index is 943. The highest BCUT2D eigenvalue weighted by Crippen LogP contribution is 2.10. The number of aliphatic hydroxyl groups is 1. The topological polar surface area (TPSA) is 111 Å². The fourth-order valence-corrected chi connectivity index (χ4v) is 3.60. The Hall–Kier alpha value is -2.42. The molecule has 168 valence electrons.